The highest BCUT2D eigenvalue weighted by atomic mass is 19.1. The molecule has 0 saturated heterocycles. The Balaban J connectivity index is 2.03. The van der Waals surface area contributed by atoms with E-state index in [0.717, 1.165) is 18.2 Å². The molecule has 0 aliphatic carbocycles. The quantitative estimate of drug-likeness (QED) is 0.753. The number of hydrogen-bond donors (Lipinski definition) is 2. The molecule has 1 aromatic carbocycles. The van der Waals surface area contributed by atoms with Crippen LogP contribution >= 0.6 is 0 Å². The van der Waals surface area contributed by atoms with Gasteiger partial charge in [-0.25, -0.2) is 13.8 Å². The fourth-order valence-electron chi connectivity index (χ4n) is 2.48. The minimum absolute atomic E-state index is 0.0389. The first-order chi connectivity index (χ1) is 12.4. The molecule has 0 aliphatic heterocycles. The van der Waals surface area contributed by atoms with Gasteiger partial charge in [0.2, 0.25) is 0 Å². The largest absolute Gasteiger partial charge is 0.348 e. The van der Waals surface area contributed by atoms with E-state index in [1.165, 1.54) is 4.40 Å². The van der Waals surface area contributed by atoms with Crippen molar-refractivity contribution in [2.75, 3.05) is 5.32 Å². The number of hydrogen-bond acceptors (Lipinski definition) is 3. The van der Waals surface area contributed by atoms with Gasteiger partial charge >= 0.3 is 0 Å². The number of pyridine rings is 1. The minimum atomic E-state index is -0.899. The summed E-state index contributed by atoms with van der Waals surface area (Å²) in [5.41, 5.74) is 0.0492. The van der Waals surface area contributed by atoms with Crippen molar-refractivity contribution in [2.45, 2.75) is 19.9 Å². The number of nitrogens with one attached hydrogen (secondary N) is 2. The average Bonchev–Trinajstić information content (AvgIpc) is 2.94. The summed E-state index contributed by atoms with van der Waals surface area (Å²) < 4.78 is 28.7. The number of carbonyl (C=O) groups is 2. The number of fused-ring (bicyclic) bond motifs is 1. The zero-order chi connectivity index (χ0) is 18.8. The zero-order valence-corrected chi connectivity index (χ0v) is 14.1. The zero-order valence-electron chi connectivity index (χ0n) is 14.1. The highest BCUT2D eigenvalue weighted by Gasteiger charge is 2.23. The molecular formula is C18H16F2N4O2. The molecule has 8 heteroatoms. The molecule has 0 unspecified atom stereocenters. The lowest BCUT2D eigenvalue weighted by Gasteiger charge is -2.10. The Morgan fingerprint density at radius 3 is 2.62 bits per heavy atom. The number of benzene rings is 1. The summed E-state index contributed by atoms with van der Waals surface area (Å²) in [7, 11) is 0. The van der Waals surface area contributed by atoms with Crippen LogP contribution in [0.3, 0.4) is 0 Å². The van der Waals surface area contributed by atoms with E-state index in [4.69, 9.17) is 0 Å². The van der Waals surface area contributed by atoms with Crippen LogP contribution in [0, 0.1) is 11.6 Å². The molecule has 3 rings (SSSR count). The highest BCUT2D eigenvalue weighted by Crippen LogP contribution is 2.20. The topological polar surface area (TPSA) is 75.5 Å². The Bertz CT molecular complexity index is 998. The van der Waals surface area contributed by atoms with Crippen molar-refractivity contribution in [1.29, 1.82) is 0 Å². The smallest absolute Gasteiger partial charge is 0.272 e. The van der Waals surface area contributed by atoms with Crippen molar-refractivity contribution in [3.8, 4) is 0 Å². The van der Waals surface area contributed by atoms with Crippen molar-refractivity contribution in [1.82, 2.24) is 14.7 Å². The van der Waals surface area contributed by atoms with Crippen LogP contribution in [-0.4, -0.2) is 27.2 Å². The number of amides is 2. The van der Waals surface area contributed by atoms with Gasteiger partial charge < -0.3 is 10.6 Å². The normalized spacial score (nSPS) is 11.0. The molecule has 0 fully saturated rings. The lowest BCUT2D eigenvalue weighted by molar-refractivity contribution is 0.0938. The van der Waals surface area contributed by atoms with Gasteiger partial charge in [0.1, 0.15) is 17.3 Å². The monoisotopic (exact) mass is 358 g/mol. The van der Waals surface area contributed by atoms with Gasteiger partial charge in [0.25, 0.3) is 11.8 Å². The average molecular weight is 358 g/mol. The van der Waals surface area contributed by atoms with Crippen LogP contribution in [0.1, 0.15) is 34.7 Å². The second-order valence-corrected chi connectivity index (χ2v) is 5.94. The molecule has 0 atom stereocenters. The SMILES string of the molecule is CC(C)NC(=O)c1c(NC(=O)c2cc(F)ccc2F)nc2ccccn12. The molecule has 0 radical (unpaired) electrons. The molecule has 3 aromatic rings. The molecule has 26 heavy (non-hydrogen) atoms. The Morgan fingerprint density at radius 2 is 1.88 bits per heavy atom. The third kappa shape index (κ3) is 3.39. The molecule has 0 saturated carbocycles. The van der Waals surface area contributed by atoms with Crippen LogP contribution < -0.4 is 10.6 Å². The number of aromatic nitrogens is 2. The van der Waals surface area contributed by atoms with Crippen molar-refractivity contribution in [3.05, 3.63) is 65.5 Å². The van der Waals surface area contributed by atoms with Gasteiger partial charge in [-0.3, -0.25) is 14.0 Å². The molecule has 0 bridgehead atoms. The van der Waals surface area contributed by atoms with Gasteiger partial charge in [-0.1, -0.05) is 6.07 Å². The summed E-state index contributed by atoms with van der Waals surface area (Å²) >= 11 is 0. The van der Waals surface area contributed by atoms with E-state index in [2.05, 4.69) is 15.6 Å². The Labute approximate surface area is 147 Å². The molecule has 2 amide bonds. The number of rotatable bonds is 4. The van der Waals surface area contributed by atoms with E-state index >= 15 is 0 Å². The first kappa shape index (κ1) is 17.5. The van der Waals surface area contributed by atoms with Crippen LogP contribution in [0.25, 0.3) is 5.65 Å². The van der Waals surface area contributed by atoms with E-state index in [1.807, 2.05) is 0 Å². The summed E-state index contributed by atoms with van der Waals surface area (Å²) in [5.74, 6) is -3.01. The lowest BCUT2D eigenvalue weighted by Crippen LogP contribution is -2.32. The van der Waals surface area contributed by atoms with E-state index < -0.39 is 29.0 Å². The molecule has 6 nitrogen and oxygen atoms in total. The van der Waals surface area contributed by atoms with Gasteiger partial charge in [-0.15, -0.1) is 0 Å². The highest BCUT2D eigenvalue weighted by molar-refractivity contribution is 6.08. The Morgan fingerprint density at radius 1 is 1.12 bits per heavy atom. The third-order valence-electron chi connectivity index (χ3n) is 3.57. The van der Waals surface area contributed by atoms with Gasteiger partial charge in [0, 0.05) is 12.2 Å². The van der Waals surface area contributed by atoms with Gasteiger partial charge in [0.05, 0.1) is 5.56 Å². The van der Waals surface area contributed by atoms with E-state index in [9.17, 15) is 18.4 Å². The standard InChI is InChI=1S/C18H16F2N4O2/c1-10(2)21-18(26)15-16(22-14-5-3-4-8-24(14)15)23-17(25)12-9-11(19)6-7-13(12)20/h3-10H,1-2H3,(H,21,26)(H,23,25). The molecule has 2 N–H and O–H groups in total. The first-order valence-electron chi connectivity index (χ1n) is 7.91. The number of anilines is 1. The van der Waals surface area contributed by atoms with Crippen molar-refractivity contribution < 1.29 is 18.4 Å². The summed E-state index contributed by atoms with van der Waals surface area (Å²) in [5, 5.41) is 5.13. The van der Waals surface area contributed by atoms with Crippen molar-refractivity contribution >= 4 is 23.3 Å². The predicted octanol–water partition coefficient (Wildman–Crippen LogP) is 3.00. The Hall–Kier alpha value is -3.29. The van der Waals surface area contributed by atoms with Crippen LogP contribution in [0.5, 0.6) is 0 Å². The first-order valence-corrected chi connectivity index (χ1v) is 7.91. The maximum absolute atomic E-state index is 13.8. The molecule has 2 aromatic heterocycles. The fraction of sp³-hybridized carbons (Fsp3) is 0.167. The third-order valence-corrected chi connectivity index (χ3v) is 3.57. The van der Waals surface area contributed by atoms with Crippen molar-refractivity contribution in [2.24, 2.45) is 0 Å². The second kappa shape index (κ2) is 6.91. The second-order valence-electron chi connectivity index (χ2n) is 5.94. The number of nitrogens with zero attached hydrogens (tertiary/aromatic N) is 2. The van der Waals surface area contributed by atoms with Crippen LogP contribution in [-0.2, 0) is 0 Å². The van der Waals surface area contributed by atoms with Crippen LogP contribution in [0.15, 0.2) is 42.6 Å². The summed E-state index contributed by atoms with van der Waals surface area (Å²) in [6.45, 7) is 3.59. The van der Waals surface area contributed by atoms with E-state index in [0.29, 0.717) is 5.65 Å². The fourth-order valence-corrected chi connectivity index (χ4v) is 2.48. The Kier molecular flexibility index (Phi) is 4.66. The van der Waals surface area contributed by atoms with E-state index in [1.54, 1.807) is 38.2 Å². The summed E-state index contributed by atoms with van der Waals surface area (Å²) in [4.78, 5) is 29.1. The number of halogens is 2. The van der Waals surface area contributed by atoms with E-state index in [-0.39, 0.29) is 17.6 Å². The van der Waals surface area contributed by atoms with Gasteiger partial charge in [-0.2, -0.15) is 0 Å². The molecule has 0 aliphatic rings. The predicted molar refractivity (Wildman–Crippen MR) is 92.1 cm³/mol. The molecule has 134 valence electrons. The summed E-state index contributed by atoms with van der Waals surface area (Å²) in [6, 6.07) is 7.52. The number of imidazole rings is 1. The maximum atomic E-state index is 13.8. The molecular weight excluding hydrogens is 342 g/mol. The molecule has 0 spiro atoms. The lowest BCUT2D eigenvalue weighted by atomic mass is 10.2. The molecule has 2 heterocycles. The summed E-state index contributed by atoms with van der Waals surface area (Å²) in [6.07, 6.45) is 1.62. The van der Waals surface area contributed by atoms with Crippen molar-refractivity contribution in [3.63, 3.8) is 0 Å². The van der Waals surface area contributed by atoms with Gasteiger partial charge in [-0.05, 0) is 44.2 Å². The van der Waals surface area contributed by atoms with Gasteiger partial charge in [0.15, 0.2) is 11.5 Å². The van der Waals surface area contributed by atoms with Crippen LogP contribution in [0.4, 0.5) is 14.6 Å². The minimum Gasteiger partial charge on any atom is -0.348 e. The maximum Gasteiger partial charge on any atom is 0.272 e. The number of carbonyl (C=O) groups excluding carboxylic acids is 2. The van der Waals surface area contributed by atoms with Crippen LogP contribution in [0.2, 0.25) is 0 Å².